The minimum Gasteiger partial charge on any atom is -0.455 e. The van der Waals surface area contributed by atoms with Crippen molar-refractivity contribution in [2.24, 2.45) is 10.2 Å². The van der Waals surface area contributed by atoms with Gasteiger partial charge in [0.2, 0.25) is 5.91 Å². The molecular formula is C25H19F4N3O2S. The quantitative estimate of drug-likeness (QED) is 0.168. The van der Waals surface area contributed by atoms with E-state index < -0.39 is 22.8 Å². The highest BCUT2D eigenvalue weighted by atomic mass is 32.2. The van der Waals surface area contributed by atoms with Crippen molar-refractivity contribution in [3.05, 3.63) is 96.0 Å². The van der Waals surface area contributed by atoms with E-state index in [1.165, 1.54) is 29.3 Å². The van der Waals surface area contributed by atoms with Gasteiger partial charge < -0.3 is 4.42 Å². The van der Waals surface area contributed by atoms with Crippen molar-refractivity contribution in [3.8, 4) is 11.3 Å². The summed E-state index contributed by atoms with van der Waals surface area (Å²) in [5.74, 6) is -0.0470. The van der Waals surface area contributed by atoms with Crippen LogP contribution in [0.2, 0.25) is 0 Å². The second-order valence-corrected chi connectivity index (χ2v) is 8.73. The summed E-state index contributed by atoms with van der Waals surface area (Å²) in [6.07, 6.45) is -1.50. The van der Waals surface area contributed by atoms with Crippen LogP contribution in [0, 0.1) is 5.82 Å². The van der Waals surface area contributed by atoms with Crippen LogP contribution < -0.4 is 0 Å². The number of thioether (sulfide) groups is 1. The number of halogens is 4. The fourth-order valence-corrected chi connectivity index (χ4v) is 4.61. The lowest BCUT2D eigenvalue weighted by Crippen LogP contribution is -2.32. The number of hydrogen-bond donors (Lipinski definition) is 0. The molecule has 35 heavy (non-hydrogen) atoms. The molecule has 10 heteroatoms. The summed E-state index contributed by atoms with van der Waals surface area (Å²) in [4.78, 5) is 14.2. The Kier molecular flexibility index (Phi) is 7.20. The van der Waals surface area contributed by atoms with Crippen molar-refractivity contribution in [1.82, 2.24) is 4.90 Å². The number of amidine groups is 1. The van der Waals surface area contributed by atoms with Crippen molar-refractivity contribution in [1.29, 1.82) is 0 Å². The van der Waals surface area contributed by atoms with Gasteiger partial charge in [-0.1, -0.05) is 48.2 Å². The molecule has 1 aliphatic rings. The molecular weight excluding hydrogens is 482 g/mol. The maximum absolute atomic E-state index is 13.9. The van der Waals surface area contributed by atoms with Gasteiger partial charge in [0.05, 0.1) is 22.6 Å². The molecule has 2 heterocycles. The Bertz CT molecular complexity index is 1300. The molecule has 0 spiro atoms. The molecule has 1 atom stereocenters. The van der Waals surface area contributed by atoms with E-state index in [-0.39, 0.29) is 18.9 Å². The third-order valence-electron chi connectivity index (χ3n) is 5.10. The normalized spacial score (nSPS) is 17.6. The number of alkyl halides is 3. The number of carbonyl (C=O) groups is 1. The first kappa shape index (κ1) is 24.5. The van der Waals surface area contributed by atoms with Crippen LogP contribution in [0.15, 0.2) is 87.9 Å². The molecule has 1 saturated heterocycles. The molecule has 3 aromatic rings. The molecule has 1 amide bonds. The monoisotopic (exact) mass is 501 g/mol. The van der Waals surface area contributed by atoms with Gasteiger partial charge in [-0.3, -0.25) is 9.69 Å². The van der Waals surface area contributed by atoms with Crippen LogP contribution in [-0.2, 0) is 17.4 Å². The third kappa shape index (κ3) is 5.71. The van der Waals surface area contributed by atoms with Crippen molar-refractivity contribution in [2.75, 3.05) is 6.54 Å². The van der Waals surface area contributed by atoms with Crippen LogP contribution in [0.25, 0.3) is 11.3 Å². The minimum absolute atomic E-state index is 0.105. The van der Waals surface area contributed by atoms with Gasteiger partial charge in [-0.2, -0.15) is 18.3 Å². The largest absolute Gasteiger partial charge is 0.455 e. The van der Waals surface area contributed by atoms with Crippen LogP contribution in [0.4, 0.5) is 17.6 Å². The number of hydrogen-bond acceptors (Lipinski definition) is 5. The van der Waals surface area contributed by atoms with Gasteiger partial charge in [-0.15, -0.1) is 11.7 Å². The lowest BCUT2D eigenvalue weighted by Gasteiger charge is -2.13. The minimum atomic E-state index is -4.46. The Hall–Kier alpha value is -3.66. The Morgan fingerprint density at radius 1 is 1.11 bits per heavy atom. The maximum Gasteiger partial charge on any atom is 0.416 e. The lowest BCUT2D eigenvalue weighted by molar-refractivity contribution is -0.137. The average molecular weight is 502 g/mol. The van der Waals surface area contributed by atoms with Crippen LogP contribution in [-0.4, -0.2) is 34.0 Å². The molecule has 4 rings (SSSR count). The third-order valence-corrected chi connectivity index (χ3v) is 6.27. The zero-order valence-electron chi connectivity index (χ0n) is 18.2. The molecule has 0 radical (unpaired) electrons. The van der Waals surface area contributed by atoms with Gasteiger partial charge in [-0.05, 0) is 42.3 Å². The molecule has 1 aliphatic heterocycles. The highest BCUT2D eigenvalue weighted by molar-refractivity contribution is 8.15. The fourth-order valence-electron chi connectivity index (χ4n) is 3.46. The Morgan fingerprint density at radius 2 is 1.91 bits per heavy atom. The summed E-state index contributed by atoms with van der Waals surface area (Å²) < 4.78 is 58.6. The van der Waals surface area contributed by atoms with Crippen LogP contribution in [0.5, 0.6) is 0 Å². The summed E-state index contributed by atoms with van der Waals surface area (Å²) in [6.45, 7) is 3.82. The summed E-state index contributed by atoms with van der Waals surface area (Å²) in [6, 6.07) is 14.3. The second kappa shape index (κ2) is 10.3. The first-order valence-electron chi connectivity index (χ1n) is 10.5. The molecule has 0 saturated carbocycles. The molecule has 2 aromatic carbocycles. The zero-order valence-corrected chi connectivity index (χ0v) is 19.0. The van der Waals surface area contributed by atoms with E-state index in [2.05, 4.69) is 16.8 Å². The molecule has 0 aliphatic carbocycles. The predicted octanol–water partition coefficient (Wildman–Crippen LogP) is 6.17. The van der Waals surface area contributed by atoms with Gasteiger partial charge >= 0.3 is 6.18 Å². The second-order valence-electron chi connectivity index (χ2n) is 7.56. The van der Waals surface area contributed by atoms with Gasteiger partial charge in [0.25, 0.3) is 0 Å². The molecule has 1 aromatic heterocycles. The zero-order chi connectivity index (χ0) is 25.0. The van der Waals surface area contributed by atoms with Gasteiger partial charge in [0.1, 0.15) is 17.3 Å². The Morgan fingerprint density at radius 3 is 2.66 bits per heavy atom. The van der Waals surface area contributed by atoms with Gasteiger partial charge in [0, 0.05) is 6.54 Å². The Labute approximate surface area is 202 Å². The SMILES string of the molecule is C=CCN1C(=O)C(Cc2cccc(C(F)(F)F)c2)SC1=NN=Cc1ccc(-c2ccccc2F)o1. The summed E-state index contributed by atoms with van der Waals surface area (Å²) in [7, 11) is 0. The number of rotatable bonds is 7. The number of amides is 1. The van der Waals surface area contributed by atoms with Crippen LogP contribution in [0.3, 0.4) is 0 Å². The lowest BCUT2D eigenvalue weighted by atomic mass is 10.1. The van der Waals surface area contributed by atoms with Crippen LogP contribution >= 0.6 is 11.8 Å². The number of nitrogens with zero attached hydrogens (tertiary/aromatic N) is 3. The molecule has 1 unspecified atom stereocenters. The fraction of sp³-hybridized carbons (Fsp3) is 0.160. The summed E-state index contributed by atoms with van der Waals surface area (Å²) >= 11 is 1.12. The first-order chi connectivity index (χ1) is 16.8. The van der Waals surface area contributed by atoms with E-state index in [9.17, 15) is 22.4 Å². The van der Waals surface area contributed by atoms with E-state index in [0.29, 0.717) is 27.8 Å². The van der Waals surface area contributed by atoms with Crippen molar-refractivity contribution in [2.45, 2.75) is 17.8 Å². The topological polar surface area (TPSA) is 58.2 Å². The molecule has 5 nitrogen and oxygen atoms in total. The van der Waals surface area contributed by atoms with Crippen molar-refractivity contribution in [3.63, 3.8) is 0 Å². The van der Waals surface area contributed by atoms with Crippen molar-refractivity contribution >= 4 is 29.1 Å². The van der Waals surface area contributed by atoms with Crippen LogP contribution in [0.1, 0.15) is 16.9 Å². The Balaban J connectivity index is 1.50. The van der Waals surface area contributed by atoms with Gasteiger partial charge in [-0.25, -0.2) is 4.39 Å². The smallest absolute Gasteiger partial charge is 0.416 e. The summed E-state index contributed by atoms with van der Waals surface area (Å²) in [5.41, 5.74) is -0.0599. The van der Waals surface area contributed by atoms with E-state index in [4.69, 9.17) is 4.42 Å². The van der Waals surface area contributed by atoms with Gasteiger partial charge in [0.15, 0.2) is 5.17 Å². The predicted molar refractivity (Wildman–Crippen MR) is 128 cm³/mol. The van der Waals surface area contributed by atoms with E-state index in [0.717, 1.165) is 23.9 Å². The first-order valence-corrected chi connectivity index (χ1v) is 11.3. The number of furan rings is 1. The summed E-state index contributed by atoms with van der Waals surface area (Å²) in [5, 5.41) is 7.74. The average Bonchev–Trinajstić information content (AvgIpc) is 3.40. The molecule has 0 N–H and O–H groups in total. The number of carbonyl (C=O) groups excluding carboxylic acids is 1. The van der Waals surface area contributed by atoms with E-state index >= 15 is 0 Å². The molecule has 1 fully saturated rings. The highest BCUT2D eigenvalue weighted by Crippen LogP contribution is 2.33. The maximum atomic E-state index is 13.9. The standard InChI is InChI=1S/C25H19F4N3O2S/c1-2-12-32-23(33)22(14-16-6-5-7-17(13-16)25(27,28)29)35-24(32)31-30-15-18-10-11-21(34-18)19-8-3-4-9-20(19)26/h2-11,13,15,22H,1,12,14H2. The highest BCUT2D eigenvalue weighted by Gasteiger charge is 2.38. The molecule has 0 bridgehead atoms. The molecule has 180 valence electrons. The van der Waals surface area contributed by atoms with Crippen molar-refractivity contribution < 1.29 is 26.8 Å². The number of benzene rings is 2. The van der Waals surface area contributed by atoms with E-state index in [1.807, 2.05) is 0 Å². The van der Waals surface area contributed by atoms with E-state index in [1.54, 1.807) is 36.4 Å².